The van der Waals surface area contributed by atoms with Crippen LogP contribution in [-0.2, 0) is 14.4 Å². The Morgan fingerprint density at radius 1 is 1.36 bits per heavy atom. The lowest BCUT2D eigenvalue weighted by Gasteiger charge is -2.46. The van der Waals surface area contributed by atoms with Gasteiger partial charge in [0.25, 0.3) is 11.8 Å². The van der Waals surface area contributed by atoms with Crippen molar-refractivity contribution in [3.05, 3.63) is 12.2 Å². The van der Waals surface area contributed by atoms with Crippen LogP contribution in [-0.4, -0.2) is 56.3 Å². The minimum absolute atomic E-state index is 0.235. The molecule has 2 amide bonds. The van der Waals surface area contributed by atoms with Gasteiger partial charge in [0.15, 0.2) is 0 Å². The van der Waals surface area contributed by atoms with Crippen LogP contribution in [0.5, 0.6) is 0 Å². The Hall–Kier alpha value is -0.958. The van der Waals surface area contributed by atoms with Crippen molar-refractivity contribution in [2.24, 2.45) is 0 Å². The Morgan fingerprint density at radius 3 is 2.14 bits per heavy atom. The van der Waals surface area contributed by atoms with Crippen LogP contribution >= 0.6 is 0 Å². The fourth-order valence-electron chi connectivity index (χ4n) is 1.63. The highest BCUT2D eigenvalue weighted by Crippen LogP contribution is 2.24. The van der Waals surface area contributed by atoms with Crippen LogP contribution in [0.15, 0.2) is 12.2 Å². The van der Waals surface area contributed by atoms with Gasteiger partial charge in [-0.3, -0.25) is 14.5 Å². The summed E-state index contributed by atoms with van der Waals surface area (Å²) in [7, 11) is 0. The largest absolute Gasteiger partial charge is 0.321 e. The Morgan fingerprint density at radius 2 is 1.86 bits per heavy atom. The van der Waals surface area contributed by atoms with Gasteiger partial charge in [0.2, 0.25) is 16.3 Å². The minimum atomic E-state index is -0.970. The normalized spacial score (nSPS) is 23.9. The van der Waals surface area contributed by atoms with Crippen LogP contribution in [0.2, 0.25) is 0 Å². The molecule has 1 saturated heterocycles. The zero-order valence-corrected chi connectivity index (χ0v) is 8.47. The third-order valence-corrected chi connectivity index (χ3v) is 3.07. The molecule has 5 nitrogen and oxygen atoms in total. The van der Waals surface area contributed by atoms with Gasteiger partial charge in [-0.25, -0.2) is 0 Å². The molecule has 1 N–H and O–H groups in total. The number of nitrogens with one attached hydrogen (secondary N) is 1. The highest BCUT2D eigenvalue weighted by atomic mass is 27.0. The quantitative estimate of drug-likeness (QED) is 0.417. The molecule has 0 aromatic carbocycles. The van der Waals surface area contributed by atoms with Gasteiger partial charge in [-0.1, -0.05) is 0 Å². The number of carbonyl (C=O) groups is 3. The molecule has 2 aliphatic heterocycles. The molecule has 70 valence electrons. The SMILES string of the molecule is O=C1C=CC(=O)N1C1([C](=O)[Al])CNC1. The highest BCUT2D eigenvalue weighted by Gasteiger charge is 2.51. The van der Waals surface area contributed by atoms with Crippen LogP contribution in [0.1, 0.15) is 0 Å². The Balaban J connectivity index is 2.33. The second-order valence-electron chi connectivity index (χ2n) is 3.34. The maximum Gasteiger partial charge on any atom is 0.254 e. The van der Waals surface area contributed by atoms with Crippen molar-refractivity contribution < 1.29 is 14.4 Å². The van der Waals surface area contributed by atoms with Gasteiger partial charge in [0.05, 0.1) is 4.65 Å². The summed E-state index contributed by atoms with van der Waals surface area (Å²) >= 11 is 2.03. The lowest BCUT2D eigenvalue weighted by molar-refractivity contribution is -0.151. The van der Waals surface area contributed by atoms with Gasteiger partial charge >= 0.3 is 0 Å². The third-order valence-electron chi connectivity index (χ3n) is 2.53. The topological polar surface area (TPSA) is 66.5 Å². The summed E-state index contributed by atoms with van der Waals surface area (Å²) in [5.74, 6) is -0.820. The molecule has 6 heteroatoms. The summed E-state index contributed by atoms with van der Waals surface area (Å²) in [6, 6.07) is 0. The number of hydrogen-bond donors (Lipinski definition) is 1. The Kier molecular flexibility index (Phi) is 2.07. The van der Waals surface area contributed by atoms with E-state index in [-0.39, 0.29) is 4.65 Å². The standard InChI is InChI=1S/C8H7N2O3.Al/c11-5-8(3-9-4-8)10-6(12)1-2-7(10)13;/h1-2,9H,3-4H2;. The lowest BCUT2D eigenvalue weighted by Crippen LogP contribution is -2.74. The smallest absolute Gasteiger partial charge is 0.254 e. The average Bonchev–Trinajstić information content (AvgIpc) is 2.33. The molecule has 0 aliphatic carbocycles. The molecule has 2 radical (unpaired) electrons. The summed E-state index contributed by atoms with van der Waals surface area (Å²) in [5.41, 5.74) is -0.970. The summed E-state index contributed by atoms with van der Waals surface area (Å²) in [4.78, 5) is 35.1. The fraction of sp³-hybridized carbons (Fsp3) is 0.375. The molecule has 0 aromatic rings. The van der Waals surface area contributed by atoms with Crippen molar-refractivity contribution in [3.8, 4) is 0 Å². The molecule has 1 fully saturated rings. The first-order valence-corrected chi connectivity index (χ1v) is 4.72. The fourth-order valence-corrected chi connectivity index (χ4v) is 1.96. The van der Waals surface area contributed by atoms with Crippen molar-refractivity contribution in [2.75, 3.05) is 13.1 Å². The molecular formula is C8H7AlN2O3. The minimum Gasteiger partial charge on any atom is -0.321 e. The van der Waals surface area contributed by atoms with E-state index in [1.165, 1.54) is 12.2 Å². The van der Waals surface area contributed by atoms with Crippen LogP contribution < -0.4 is 5.32 Å². The van der Waals surface area contributed by atoms with E-state index >= 15 is 0 Å². The van der Waals surface area contributed by atoms with Crippen LogP contribution in [0.4, 0.5) is 0 Å². The summed E-state index contributed by atoms with van der Waals surface area (Å²) < 4.78 is -0.235. The van der Waals surface area contributed by atoms with E-state index in [1.807, 2.05) is 16.3 Å². The lowest BCUT2D eigenvalue weighted by atomic mass is 9.91. The molecule has 0 saturated carbocycles. The predicted octanol–water partition coefficient (Wildman–Crippen LogP) is -2.05. The van der Waals surface area contributed by atoms with Crippen molar-refractivity contribution in [1.82, 2.24) is 10.2 Å². The molecule has 0 atom stereocenters. The average molecular weight is 206 g/mol. The molecule has 2 heterocycles. The number of nitrogens with zero attached hydrogens (tertiary/aromatic N) is 1. The molecular weight excluding hydrogens is 199 g/mol. The Bertz CT molecular complexity index is 342. The third kappa shape index (κ3) is 1.08. The summed E-state index contributed by atoms with van der Waals surface area (Å²) in [5, 5.41) is 2.89. The van der Waals surface area contributed by atoms with Gasteiger partial charge in [0, 0.05) is 25.2 Å². The van der Waals surface area contributed by atoms with E-state index in [0.717, 1.165) is 4.90 Å². The van der Waals surface area contributed by atoms with E-state index in [4.69, 9.17) is 0 Å². The molecule has 0 aromatic heterocycles. The molecule has 0 unspecified atom stereocenters. The van der Waals surface area contributed by atoms with Crippen molar-refractivity contribution >= 4 is 32.7 Å². The first-order chi connectivity index (χ1) is 6.58. The molecule has 0 bridgehead atoms. The Labute approximate surface area is 88.5 Å². The van der Waals surface area contributed by atoms with Gasteiger partial charge in [-0.05, 0) is 0 Å². The zero-order chi connectivity index (χ0) is 10.3. The monoisotopic (exact) mass is 206 g/mol. The predicted molar refractivity (Wildman–Crippen MR) is 47.4 cm³/mol. The first kappa shape index (κ1) is 9.59. The van der Waals surface area contributed by atoms with E-state index in [2.05, 4.69) is 5.32 Å². The van der Waals surface area contributed by atoms with E-state index in [1.54, 1.807) is 0 Å². The van der Waals surface area contributed by atoms with E-state index in [9.17, 15) is 14.4 Å². The van der Waals surface area contributed by atoms with Gasteiger partial charge in [-0.15, -0.1) is 0 Å². The van der Waals surface area contributed by atoms with Gasteiger partial charge < -0.3 is 10.1 Å². The van der Waals surface area contributed by atoms with Crippen LogP contribution in [0.25, 0.3) is 0 Å². The number of imide groups is 1. The van der Waals surface area contributed by atoms with Gasteiger partial charge in [0.1, 0.15) is 5.54 Å². The van der Waals surface area contributed by atoms with E-state index < -0.39 is 17.4 Å². The maximum atomic E-state index is 11.4. The number of amides is 2. The number of rotatable bonds is 2. The second kappa shape index (κ2) is 3.02. The molecule has 2 rings (SSSR count). The van der Waals surface area contributed by atoms with Crippen molar-refractivity contribution in [1.29, 1.82) is 0 Å². The van der Waals surface area contributed by atoms with Crippen molar-refractivity contribution in [3.63, 3.8) is 0 Å². The van der Waals surface area contributed by atoms with E-state index in [0.29, 0.717) is 13.1 Å². The highest BCUT2D eigenvalue weighted by molar-refractivity contribution is 6.60. The molecule has 0 spiro atoms. The molecule has 14 heavy (non-hydrogen) atoms. The van der Waals surface area contributed by atoms with Crippen LogP contribution in [0.3, 0.4) is 0 Å². The summed E-state index contributed by atoms with van der Waals surface area (Å²) in [6.07, 6.45) is 2.38. The van der Waals surface area contributed by atoms with Gasteiger partial charge in [-0.2, -0.15) is 0 Å². The maximum absolute atomic E-state index is 11.4. The molecule has 2 aliphatic rings. The van der Waals surface area contributed by atoms with Crippen molar-refractivity contribution in [2.45, 2.75) is 5.54 Å². The summed E-state index contributed by atoms with van der Waals surface area (Å²) in [6.45, 7) is 0.684. The zero-order valence-electron chi connectivity index (χ0n) is 7.32. The van der Waals surface area contributed by atoms with Crippen LogP contribution in [0, 0.1) is 0 Å². The number of carbonyl (C=O) groups excluding carboxylic acids is 3. The number of hydrogen-bond acceptors (Lipinski definition) is 4. The second-order valence-corrected chi connectivity index (χ2v) is 3.87. The first-order valence-electron chi connectivity index (χ1n) is 4.15.